The van der Waals surface area contributed by atoms with Gasteiger partial charge in [0.05, 0.1) is 52.9 Å². The lowest BCUT2D eigenvalue weighted by Crippen LogP contribution is -2.64. The third-order valence-electron chi connectivity index (χ3n) is 8.53. The van der Waals surface area contributed by atoms with E-state index in [0.717, 1.165) is 0 Å². The molecule has 0 unspecified atom stereocenters. The second kappa shape index (κ2) is 13.6. The van der Waals surface area contributed by atoms with Crippen molar-refractivity contribution in [2.75, 3.05) is 52.9 Å². The van der Waals surface area contributed by atoms with Crippen molar-refractivity contribution in [2.24, 2.45) is 0 Å². The minimum atomic E-state index is -0.827. The average Bonchev–Trinajstić information content (AvgIpc) is 3.47. The first-order valence-electron chi connectivity index (χ1n) is 16.3. The number of rotatable bonds is 12. The lowest BCUT2D eigenvalue weighted by Gasteiger charge is -2.48. The molecule has 6 heterocycles. The summed E-state index contributed by atoms with van der Waals surface area (Å²) in [6.45, 7) is 16.7. The summed E-state index contributed by atoms with van der Waals surface area (Å²) in [6.07, 6.45) is -5.20. The van der Waals surface area contributed by atoms with E-state index in [1.165, 1.54) is 0 Å². The number of fused-ring (bicyclic) bond motifs is 6. The van der Waals surface area contributed by atoms with Gasteiger partial charge in [0.15, 0.2) is 35.7 Å². The maximum absolute atomic E-state index is 10.3. The Morgan fingerprint density at radius 2 is 0.891 bits per heavy atom. The largest absolute Gasteiger partial charge is 0.388 e. The highest BCUT2D eigenvalue weighted by molar-refractivity contribution is 5.00. The lowest BCUT2D eigenvalue weighted by molar-refractivity contribution is -0.370. The van der Waals surface area contributed by atoms with Gasteiger partial charge < -0.3 is 71.4 Å². The van der Waals surface area contributed by atoms with Crippen molar-refractivity contribution >= 4 is 0 Å². The van der Waals surface area contributed by atoms with Crippen molar-refractivity contribution in [1.82, 2.24) is 0 Å². The Balaban J connectivity index is 0.867. The molecule has 6 aliphatic heterocycles. The molecule has 6 saturated heterocycles. The molecule has 1 N–H and O–H groups in total. The van der Waals surface area contributed by atoms with E-state index in [-0.39, 0.29) is 76.3 Å². The Morgan fingerprint density at radius 1 is 0.522 bits per heavy atom. The van der Waals surface area contributed by atoms with Gasteiger partial charge in [0.2, 0.25) is 0 Å². The van der Waals surface area contributed by atoms with E-state index in [4.69, 9.17) is 66.3 Å². The standard InChI is InChI=1S/C31H52O15/c1-28(2)37-15-18-20(41-28)22-24(45-30(5,6)43-22)26(39-18)35-11-9-33-13-17(32)14-34-10-12-36-27-25-23(44-31(7,8)46-25)21-19(40-27)16-38-29(3,4)42-21/h17-27,32H,9-16H2,1-8H3/t18-,19-,20-,21-,22+,23+,24+,25+,26+,27+/m1/s1. The van der Waals surface area contributed by atoms with Gasteiger partial charge in [-0.1, -0.05) is 0 Å². The fourth-order valence-corrected chi connectivity index (χ4v) is 6.69. The van der Waals surface area contributed by atoms with Gasteiger partial charge in [-0.25, -0.2) is 0 Å². The first kappa shape index (κ1) is 35.2. The summed E-state index contributed by atoms with van der Waals surface area (Å²) in [5.41, 5.74) is 0. The minimum Gasteiger partial charge on any atom is -0.388 e. The Kier molecular flexibility index (Phi) is 10.4. The molecular formula is C31H52O15. The molecule has 15 heteroatoms. The van der Waals surface area contributed by atoms with Gasteiger partial charge >= 0.3 is 0 Å². The van der Waals surface area contributed by atoms with Crippen LogP contribution >= 0.6 is 0 Å². The van der Waals surface area contributed by atoms with Crippen molar-refractivity contribution in [1.29, 1.82) is 0 Å². The summed E-state index contributed by atoms with van der Waals surface area (Å²) in [6, 6.07) is 0. The zero-order valence-electron chi connectivity index (χ0n) is 28.2. The number of hydrogen-bond acceptors (Lipinski definition) is 15. The highest BCUT2D eigenvalue weighted by atomic mass is 16.8. The highest BCUT2D eigenvalue weighted by Crippen LogP contribution is 2.43. The van der Waals surface area contributed by atoms with E-state index in [0.29, 0.717) is 13.2 Å². The van der Waals surface area contributed by atoms with Gasteiger partial charge in [-0.05, 0) is 55.4 Å². The SMILES string of the molecule is CC1(C)O[C@@H]2[C@H](O1)[C@@H](OCCOCC(O)COCCO[C@H]1O[C@@H]3COC(C)(C)O[C@H]3[C@@H]3OC(C)(C)O[C@H]13)O[C@@H]1COC(C)(C)O[C@@H]21. The molecule has 0 aromatic carbocycles. The smallest absolute Gasteiger partial charge is 0.187 e. The van der Waals surface area contributed by atoms with Crippen molar-refractivity contribution < 1.29 is 71.4 Å². The maximum atomic E-state index is 10.3. The lowest BCUT2D eigenvalue weighted by atomic mass is 9.97. The second-order valence-electron chi connectivity index (χ2n) is 14.3. The molecule has 266 valence electrons. The van der Waals surface area contributed by atoms with Crippen LogP contribution in [0.2, 0.25) is 0 Å². The molecule has 6 fully saturated rings. The average molecular weight is 665 g/mol. The first-order chi connectivity index (χ1) is 21.6. The van der Waals surface area contributed by atoms with Gasteiger partial charge in [0, 0.05) is 0 Å². The molecule has 0 saturated carbocycles. The maximum Gasteiger partial charge on any atom is 0.187 e. The Labute approximate surface area is 270 Å². The van der Waals surface area contributed by atoms with Crippen LogP contribution in [0.1, 0.15) is 55.4 Å². The molecule has 0 aromatic heterocycles. The summed E-state index contributed by atoms with van der Waals surface area (Å²) in [5, 5.41) is 10.3. The van der Waals surface area contributed by atoms with Crippen LogP contribution in [0.25, 0.3) is 0 Å². The Hall–Kier alpha value is -0.600. The van der Waals surface area contributed by atoms with Crippen LogP contribution in [0, 0.1) is 0 Å². The van der Waals surface area contributed by atoms with E-state index < -0.39 is 54.0 Å². The van der Waals surface area contributed by atoms with E-state index in [1.807, 2.05) is 55.4 Å². The molecular weight excluding hydrogens is 612 g/mol. The molecule has 15 nitrogen and oxygen atoms in total. The summed E-state index contributed by atoms with van der Waals surface area (Å²) < 4.78 is 83.9. The van der Waals surface area contributed by atoms with Gasteiger partial charge in [-0.15, -0.1) is 0 Å². The summed E-state index contributed by atoms with van der Waals surface area (Å²) >= 11 is 0. The van der Waals surface area contributed by atoms with E-state index in [1.54, 1.807) is 0 Å². The monoisotopic (exact) mass is 664 g/mol. The van der Waals surface area contributed by atoms with E-state index in [9.17, 15) is 5.11 Å². The fraction of sp³-hybridized carbons (Fsp3) is 1.00. The van der Waals surface area contributed by atoms with Crippen LogP contribution in [-0.4, -0.2) is 149 Å². The molecule has 0 radical (unpaired) electrons. The van der Waals surface area contributed by atoms with Gasteiger partial charge in [-0.3, -0.25) is 0 Å². The number of aliphatic hydroxyl groups excluding tert-OH is 1. The zero-order chi connectivity index (χ0) is 32.9. The van der Waals surface area contributed by atoms with Crippen molar-refractivity contribution in [3.8, 4) is 0 Å². The Bertz CT molecular complexity index is 944. The summed E-state index contributed by atoms with van der Waals surface area (Å²) in [5.74, 6) is -3.07. The predicted octanol–water partition coefficient (Wildman–Crippen LogP) is 1.21. The second-order valence-corrected chi connectivity index (χ2v) is 14.3. The van der Waals surface area contributed by atoms with Crippen LogP contribution in [-0.2, 0) is 66.3 Å². The van der Waals surface area contributed by atoms with Gasteiger partial charge in [-0.2, -0.15) is 0 Å². The third kappa shape index (κ3) is 8.22. The van der Waals surface area contributed by atoms with Crippen molar-refractivity contribution in [3.05, 3.63) is 0 Å². The van der Waals surface area contributed by atoms with Crippen LogP contribution in [0.5, 0.6) is 0 Å². The number of aliphatic hydroxyl groups is 1. The normalized spacial score (nSPS) is 41.9. The molecule has 0 amide bonds. The molecule has 6 aliphatic rings. The highest BCUT2D eigenvalue weighted by Gasteiger charge is 2.60. The summed E-state index contributed by atoms with van der Waals surface area (Å²) in [4.78, 5) is 0. The predicted molar refractivity (Wildman–Crippen MR) is 154 cm³/mol. The molecule has 6 rings (SSSR count). The third-order valence-corrected chi connectivity index (χ3v) is 8.53. The van der Waals surface area contributed by atoms with Crippen LogP contribution in [0.3, 0.4) is 0 Å². The van der Waals surface area contributed by atoms with Gasteiger partial charge in [0.1, 0.15) is 54.9 Å². The molecule has 0 aliphatic carbocycles. The summed E-state index contributed by atoms with van der Waals surface area (Å²) in [7, 11) is 0. The first-order valence-corrected chi connectivity index (χ1v) is 16.3. The molecule has 0 spiro atoms. The van der Waals surface area contributed by atoms with Crippen LogP contribution < -0.4 is 0 Å². The van der Waals surface area contributed by atoms with Crippen LogP contribution in [0.15, 0.2) is 0 Å². The zero-order valence-corrected chi connectivity index (χ0v) is 28.2. The molecule has 0 aromatic rings. The van der Waals surface area contributed by atoms with E-state index in [2.05, 4.69) is 0 Å². The minimum absolute atomic E-state index is 0.0745. The Morgan fingerprint density at radius 3 is 1.30 bits per heavy atom. The van der Waals surface area contributed by atoms with E-state index >= 15 is 0 Å². The molecule has 0 bridgehead atoms. The van der Waals surface area contributed by atoms with Crippen LogP contribution in [0.4, 0.5) is 0 Å². The molecule has 10 atom stereocenters. The fourth-order valence-electron chi connectivity index (χ4n) is 6.69. The number of hydrogen-bond donors (Lipinski definition) is 1. The number of ether oxygens (including phenoxy) is 14. The molecule has 46 heavy (non-hydrogen) atoms. The quantitative estimate of drug-likeness (QED) is 0.298. The van der Waals surface area contributed by atoms with Gasteiger partial charge in [0.25, 0.3) is 0 Å². The van der Waals surface area contributed by atoms with Crippen molar-refractivity contribution in [2.45, 2.75) is 146 Å². The topological polar surface area (TPSA) is 149 Å². The van der Waals surface area contributed by atoms with Crippen molar-refractivity contribution in [3.63, 3.8) is 0 Å².